The Balaban J connectivity index is 2.24. The van der Waals surface area contributed by atoms with Crippen LogP contribution in [0.25, 0.3) is 6.08 Å². The zero-order valence-corrected chi connectivity index (χ0v) is 11.4. The number of esters is 1. The van der Waals surface area contributed by atoms with E-state index in [4.69, 9.17) is 10.00 Å². The monoisotopic (exact) mass is 279 g/mol. The summed E-state index contributed by atoms with van der Waals surface area (Å²) in [4.78, 5) is 11.4. The van der Waals surface area contributed by atoms with Crippen molar-refractivity contribution in [3.8, 4) is 17.6 Å². The average Bonchev–Trinajstić information content (AvgIpc) is 2.53. The first kappa shape index (κ1) is 14.4. The molecular weight excluding hydrogens is 266 g/mol. The van der Waals surface area contributed by atoms with Crippen LogP contribution < -0.4 is 4.74 Å². The van der Waals surface area contributed by atoms with Gasteiger partial charge in [0.05, 0.1) is 7.11 Å². The molecule has 4 nitrogen and oxygen atoms in total. The highest BCUT2D eigenvalue weighted by Gasteiger charge is 2.08. The number of nitrogens with zero attached hydrogens (tertiary/aromatic N) is 1. The molecule has 0 unspecified atom stereocenters. The summed E-state index contributed by atoms with van der Waals surface area (Å²) in [6.07, 6.45) is 1.46. The Hall–Kier alpha value is -3.06. The van der Waals surface area contributed by atoms with Gasteiger partial charge in [0, 0.05) is 0 Å². The van der Waals surface area contributed by atoms with Crippen LogP contribution in [0.5, 0.6) is 11.5 Å². The lowest BCUT2D eigenvalue weighted by Crippen LogP contribution is -2.02. The zero-order chi connectivity index (χ0) is 15.1. The van der Waals surface area contributed by atoms with Crippen molar-refractivity contribution >= 4 is 12.0 Å². The van der Waals surface area contributed by atoms with Gasteiger partial charge < -0.3 is 9.47 Å². The van der Waals surface area contributed by atoms with Crippen LogP contribution in [0.4, 0.5) is 0 Å². The Bertz CT molecular complexity index is 699. The maximum atomic E-state index is 11.4. The SMILES string of the molecule is COC(=O)/C(C#N)=C\c1cccc(Oc2ccccc2)c1. The van der Waals surface area contributed by atoms with Gasteiger partial charge in [0.2, 0.25) is 0 Å². The quantitative estimate of drug-likeness (QED) is 0.488. The van der Waals surface area contributed by atoms with Crippen LogP contribution in [-0.2, 0) is 9.53 Å². The highest BCUT2D eigenvalue weighted by Crippen LogP contribution is 2.22. The lowest BCUT2D eigenvalue weighted by Gasteiger charge is -2.06. The zero-order valence-electron chi connectivity index (χ0n) is 11.4. The molecule has 0 atom stereocenters. The minimum Gasteiger partial charge on any atom is -0.465 e. The lowest BCUT2D eigenvalue weighted by atomic mass is 10.1. The standard InChI is InChI=1S/C17H13NO3/c1-20-17(19)14(12-18)10-13-6-5-9-16(11-13)21-15-7-3-2-4-8-15/h2-11H,1H3/b14-10-. The fraction of sp³-hybridized carbons (Fsp3) is 0.0588. The Kier molecular flexibility index (Phi) is 4.73. The van der Waals surface area contributed by atoms with E-state index in [0.717, 1.165) is 0 Å². The summed E-state index contributed by atoms with van der Waals surface area (Å²) in [7, 11) is 1.24. The van der Waals surface area contributed by atoms with E-state index in [1.807, 2.05) is 36.4 Å². The van der Waals surface area contributed by atoms with Gasteiger partial charge in [-0.25, -0.2) is 4.79 Å². The van der Waals surface area contributed by atoms with Crippen molar-refractivity contribution in [1.82, 2.24) is 0 Å². The summed E-state index contributed by atoms with van der Waals surface area (Å²) in [5.74, 6) is 0.677. The van der Waals surface area contributed by atoms with Gasteiger partial charge in [0.1, 0.15) is 23.1 Å². The van der Waals surface area contributed by atoms with Crippen LogP contribution >= 0.6 is 0 Å². The van der Waals surface area contributed by atoms with Crippen molar-refractivity contribution in [2.75, 3.05) is 7.11 Å². The molecule has 0 radical (unpaired) electrons. The van der Waals surface area contributed by atoms with E-state index in [1.54, 1.807) is 24.3 Å². The molecule has 0 aliphatic carbocycles. The Morgan fingerprint density at radius 1 is 1.10 bits per heavy atom. The number of carbonyl (C=O) groups is 1. The molecule has 0 aromatic heterocycles. The molecule has 0 aliphatic rings. The number of methoxy groups -OCH3 is 1. The normalized spacial score (nSPS) is 10.6. The largest absolute Gasteiger partial charge is 0.465 e. The Morgan fingerprint density at radius 3 is 2.48 bits per heavy atom. The molecule has 2 aromatic carbocycles. The molecular formula is C17H13NO3. The predicted octanol–water partition coefficient (Wildman–Crippen LogP) is 3.56. The molecule has 0 spiro atoms. The summed E-state index contributed by atoms with van der Waals surface area (Å²) in [6.45, 7) is 0. The van der Waals surface area contributed by atoms with Gasteiger partial charge in [0.25, 0.3) is 0 Å². The number of rotatable bonds is 4. The van der Waals surface area contributed by atoms with Gasteiger partial charge in [-0.2, -0.15) is 5.26 Å². The van der Waals surface area contributed by atoms with Crippen LogP contribution in [0.2, 0.25) is 0 Å². The van der Waals surface area contributed by atoms with Gasteiger partial charge in [-0.15, -0.1) is 0 Å². The molecule has 0 amide bonds. The van der Waals surface area contributed by atoms with Crippen LogP contribution in [0.3, 0.4) is 0 Å². The third-order valence-electron chi connectivity index (χ3n) is 2.67. The van der Waals surface area contributed by atoms with Crippen LogP contribution in [-0.4, -0.2) is 13.1 Å². The van der Waals surface area contributed by atoms with E-state index < -0.39 is 5.97 Å². The molecule has 0 fully saturated rings. The molecule has 0 heterocycles. The van der Waals surface area contributed by atoms with Crippen molar-refractivity contribution in [1.29, 1.82) is 5.26 Å². The van der Waals surface area contributed by atoms with E-state index in [-0.39, 0.29) is 5.57 Å². The molecule has 2 rings (SSSR count). The smallest absolute Gasteiger partial charge is 0.348 e. The topological polar surface area (TPSA) is 59.3 Å². The molecule has 0 aliphatic heterocycles. The third kappa shape index (κ3) is 3.95. The van der Waals surface area contributed by atoms with E-state index in [1.165, 1.54) is 13.2 Å². The average molecular weight is 279 g/mol. The first-order chi connectivity index (χ1) is 10.2. The first-order valence-electron chi connectivity index (χ1n) is 6.26. The molecule has 0 N–H and O–H groups in total. The van der Waals surface area contributed by atoms with Gasteiger partial charge in [-0.05, 0) is 35.9 Å². The molecule has 0 saturated carbocycles. The van der Waals surface area contributed by atoms with Crippen molar-refractivity contribution < 1.29 is 14.3 Å². The second kappa shape index (κ2) is 6.92. The number of carbonyl (C=O) groups excluding carboxylic acids is 1. The molecule has 0 bridgehead atoms. The maximum absolute atomic E-state index is 11.4. The van der Waals surface area contributed by atoms with Crippen LogP contribution in [0, 0.1) is 11.3 Å². The highest BCUT2D eigenvalue weighted by atomic mass is 16.5. The molecule has 2 aromatic rings. The minimum absolute atomic E-state index is 0.0608. The summed E-state index contributed by atoms with van der Waals surface area (Å²) >= 11 is 0. The van der Waals surface area contributed by atoms with Crippen LogP contribution in [0.15, 0.2) is 60.2 Å². The number of benzene rings is 2. The van der Waals surface area contributed by atoms with Crippen LogP contribution in [0.1, 0.15) is 5.56 Å². The van der Waals surface area contributed by atoms with Crippen molar-refractivity contribution in [3.63, 3.8) is 0 Å². The van der Waals surface area contributed by atoms with Gasteiger partial charge in [-0.1, -0.05) is 30.3 Å². The second-order valence-electron chi connectivity index (χ2n) is 4.15. The minimum atomic E-state index is -0.660. The summed E-state index contributed by atoms with van der Waals surface area (Å²) in [5.41, 5.74) is 0.625. The Morgan fingerprint density at radius 2 is 1.81 bits per heavy atom. The number of hydrogen-bond donors (Lipinski definition) is 0. The van der Waals surface area contributed by atoms with Gasteiger partial charge >= 0.3 is 5.97 Å². The van der Waals surface area contributed by atoms with Gasteiger partial charge in [0.15, 0.2) is 0 Å². The Labute approximate surface area is 122 Å². The van der Waals surface area contributed by atoms with E-state index in [0.29, 0.717) is 17.1 Å². The van der Waals surface area contributed by atoms with Gasteiger partial charge in [-0.3, -0.25) is 0 Å². The fourth-order valence-corrected chi connectivity index (χ4v) is 1.71. The molecule has 4 heteroatoms. The number of nitriles is 1. The number of ether oxygens (including phenoxy) is 2. The number of para-hydroxylation sites is 1. The summed E-state index contributed by atoms with van der Waals surface area (Å²) in [5, 5.41) is 8.94. The van der Waals surface area contributed by atoms with Crippen molar-refractivity contribution in [2.45, 2.75) is 0 Å². The molecule has 104 valence electrons. The maximum Gasteiger partial charge on any atom is 0.348 e. The highest BCUT2D eigenvalue weighted by molar-refractivity contribution is 5.97. The van der Waals surface area contributed by atoms with E-state index in [9.17, 15) is 4.79 Å². The predicted molar refractivity (Wildman–Crippen MR) is 78.6 cm³/mol. The second-order valence-corrected chi connectivity index (χ2v) is 4.15. The first-order valence-corrected chi connectivity index (χ1v) is 6.26. The third-order valence-corrected chi connectivity index (χ3v) is 2.67. The summed E-state index contributed by atoms with van der Waals surface area (Å²) in [6, 6.07) is 18.3. The van der Waals surface area contributed by atoms with E-state index in [2.05, 4.69) is 4.74 Å². The molecule has 21 heavy (non-hydrogen) atoms. The van der Waals surface area contributed by atoms with E-state index >= 15 is 0 Å². The van der Waals surface area contributed by atoms with Crippen molar-refractivity contribution in [3.05, 3.63) is 65.7 Å². The molecule has 0 saturated heterocycles. The fourth-order valence-electron chi connectivity index (χ4n) is 1.71. The van der Waals surface area contributed by atoms with Crippen molar-refractivity contribution in [2.24, 2.45) is 0 Å². The lowest BCUT2D eigenvalue weighted by molar-refractivity contribution is -0.135. The number of hydrogen-bond acceptors (Lipinski definition) is 4. The summed E-state index contributed by atoms with van der Waals surface area (Å²) < 4.78 is 10.2.